The highest BCUT2D eigenvalue weighted by molar-refractivity contribution is 6.00. The van der Waals surface area contributed by atoms with Gasteiger partial charge in [0.1, 0.15) is 5.69 Å². The van der Waals surface area contributed by atoms with Crippen LogP contribution in [0.15, 0.2) is 47.5 Å². The van der Waals surface area contributed by atoms with Crippen molar-refractivity contribution in [1.82, 2.24) is 19.2 Å². The molecule has 1 saturated heterocycles. The Bertz CT molecular complexity index is 971. The molecule has 0 aliphatic carbocycles. The van der Waals surface area contributed by atoms with Gasteiger partial charge in [-0.1, -0.05) is 25.1 Å². The van der Waals surface area contributed by atoms with Crippen LogP contribution in [-0.4, -0.2) is 51.5 Å². The van der Waals surface area contributed by atoms with Crippen molar-refractivity contribution in [1.29, 1.82) is 0 Å². The van der Waals surface area contributed by atoms with Crippen molar-refractivity contribution in [2.75, 3.05) is 26.3 Å². The van der Waals surface area contributed by atoms with Gasteiger partial charge >= 0.3 is 0 Å². The molecule has 0 saturated carbocycles. The molecule has 0 aromatic heterocycles. The van der Waals surface area contributed by atoms with E-state index in [-0.39, 0.29) is 11.5 Å². The average molecular weight is 366 g/mol. The highest BCUT2D eigenvalue weighted by atomic mass is 16.5. The molecule has 1 amide bonds. The first kappa shape index (κ1) is 17.5. The van der Waals surface area contributed by atoms with Crippen molar-refractivity contribution in [3.05, 3.63) is 58.6 Å². The molecule has 7 heteroatoms. The van der Waals surface area contributed by atoms with Crippen LogP contribution in [0.1, 0.15) is 23.7 Å². The lowest BCUT2D eigenvalue weighted by molar-refractivity contribution is 0.0302. The first-order valence-electron chi connectivity index (χ1n) is 9.24. The van der Waals surface area contributed by atoms with E-state index in [2.05, 4.69) is 12.0 Å². The molecule has 3 heterocycles. The number of amides is 1. The smallest absolute Gasteiger partial charge is 0.282 e. The van der Waals surface area contributed by atoms with Crippen LogP contribution in [0.5, 0.6) is 0 Å². The van der Waals surface area contributed by atoms with Crippen LogP contribution >= 0.6 is 0 Å². The summed E-state index contributed by atoms with van der Waals surface area (Å²) in [5.74, 6) is -0.105. The van der Waals surface area contributed by atoms with E-state index in [0.29, 0.717) is 48.8 Å². The zero-order chi connectivity index (χ0) is 18.8. The Morgan fingerprint density at radius 3 is 2.59 bits per heavy atom. The standard InChI is InChI=1S/C20H22N4O3/c1-2-8-22-13-16(19(25)23-9-11-27-12-10-23)18-17(14-22)20(26)24(21-18)15-6-4-3-5-7-15/h3-7,13-14H,2,8-12H2,1H3. The van der Waals surface area contributed by atoms with Crippen LogP contribution in [0.2, 0.25) is 0 Å². The monoisotopic (exact) mass is 366 g/mol. The third-order valence-corrected chi connectivity index (χ3v) is 4.73. The Hall–Kier alpha value is -2.93. The second-order valence-corrected chi connectivity index (χ2v) is 6.63. The van der Waals surface area contributed by atoms with Crippen molar-refractivity contribution in [2.24, 2.45) is 0 Å². The van der Waals surface area contributed by atoms with Gasteiger partial charge in [0.25, 0.3) is 11.5 Å². The Kier molecular flexibility index (Phi) is 4.77. The molecule has 140 valence electrons. The number of fused-ring (bicyclic) bond motifs is 1. The quantitative estimate of drug-likeness (QED) is 0.708. The molecule has 0 radical (unpaired) electrons. The second-order valence-electron chi connectivity index (χ2n) is 6.63. The van der Waals surface area contributed by atoms with Crippen LogP contribution in [0.4, 0.5) is 0 Å². The van der Waals surface area contributed by atoms with Crippen LogP contribution in [0.25, 0.3) is 16.9 Å². The molecular weight excluding hydrogens is 344 g/mol. The fourth-order valence-corrected chi connectivity index (χ4v) is 3.38. The number of benzene rings is 1. The van der Waals surface area contributed by atoms with Gasteiger partial charge in [0.05, 0.1) is 30.0 Å². The lowest BCUT2D eigenvalue weighted by Crippen LogP contribution is -2.41. The van der Waals surface area contributed by atoms with E-state index in [4.69, 9.17) is 4.74 Å². The summed E-state index contributed by atoms with van der Waals surface area (Å²) in [6.45, 7) is 4.95. The largest absolute Gasteiger partial charge is 0.378 e. The van der Waals surface area contributed by atoms with Crippen LogP contribution in [0.3, 0.4) is 0 Å². The molecule has 0 bridgehead atoms. The van der Waals surface area contributed by atoms with Crippen LogP contribution < -0.4 is 5.56 Å². The Balaban J connectivity index is 1.86. The Morgan fingerprint density at radius 1 is 1.15 bits per heavy atom. The topological polar surface area (TPSA) is 69.4 Å². The summed E-state index contributed by atoms with van der Waals surface area (Å²) in [5, 5.41) is 4.51. The molecule has 27 heavy (non-hydrogen) atoms. The van der Waals surface area contributed by atoms with Gasteiger partial charge < -0.3 is 14.2 Å². The maximum atomic E-state index is 13.1. The SMILES string of the molecule is CCCn1cc(C(=O)N2CCOCC2)c2nn(-c3ccccc3)c(=O)c-2c1. The molecule has 4 rings (SSSR count). The Labute approximate surface area is 157 Å². The predicted octanol–water partition coefficient (Wildman–Crippen LogP) is 2.02. The van der Waals surface area contributed by atoms with E-state index in [0.717, 1.165) is 13.0 Å². The van der Waals surface area contributed by atoms with E-state index >= 15 is 0 Å². The summed E-state index contributed by atoms with van der Waals surface area (Å²) >= 11 is 0. The van der Waals surface area contributed by atoms with Crippen molar-refractivity contribution < 1.29 is 9.53 Å². The van der Waals surface area contributed by atoms with Gasteiger partial charge in [-0.3, -0.25) is 9.59 Å². The van der Waals surface area contributed by atoms with E-state index in [1.165, 1.54) is 4.68 Å². The minimum Gasteiger partial charge on any atom is -0.378 e. The Morgan fingerprint density at radius 2 is 1.89 bits per heavy atom. The normalized spacial score (nSPS) is 14.6. The zero-order valence-electron chi connectivity index (χ0n) is 15.3. The summed E-state index contributed by atoms with van der Waals surface area (Å²) in [4.78, 5) is 27.9. The number of hydrogen-bond donors (Lipinski definition) is 0. The third-order valence-electron chi connectivity index (χ3n) is 4.73. The summed E-state index contributed by atoms with van der Waals surface area (Å²) in [6.07, 6.45) is 4.51. The molecule has 0 atom stereocenters. The number of carbonyl (C=O) groups is 1. The number of aryl methyl sites for hydroxylation is 1. The molecule has 3 aliphatic rings. The second kappa shape index (κ2) is 7.36. The first-order valence-corrected chi connectivity index (χ1v) is 9.24. The summed E-state index contributed by atoms with van der Waals surface area (Å²) < 4.78 is 8.63. The van der Waals surface area contributed by atoms with E-state index < -0.39 is 0 Å². The van der Waals surface area contributed by atoms with Crippen molar-refractivity contribution >= 4 is 5.91 Å². The number of carbonyl (C=O) groups excluding carboxylic acids is 1. The molecule has 7 nitrogen and oxygen atoms in total. The van der Waals surface area contributed by atoms with Gasteiger partial charge in [-0.25, -0.2) is 0 Å². The third kappa shape index (κ3) is 3.26. The molecule has 1 fully saturated rings. The van der Waals surface area contributed by atoms with E-state index in [1.807, 2.05) is 41.1 Å². The van der Waals surface area contributed by atoms with Gasteiger partial charge in [-0.2, -0.15) is 9.78 Å². The van der Waals surface area contributed by atoms with Crippen molar-refractivity contribution in [3.8, 4) is 16.9 Å². The number of hydrogen-bond acceptors (Lipinski definition) is 4. The highest BCUT2D eigenvalue weighted by Gasteiger charge is 2.27. The maximum Gasteiger partial charge on any atom is 0.282 e. The average Bonchev–Trinajstić information content (AvgIpc) is 3.05. The molecule has 1 aromatic carbocycles. The number of morpholine rings is 1. The van der Waals surface area contributed by atoms with Gasteiger partial charge in [-0.15, -0.1) is 0 Å². The fraction of sp³-hybridized carbons (Fsp3) is 0.350. The molecule has 0 N–H and O–H groups in total. The lowest BCUT2D eigenvalue weighted by atomic mass is 10.1. The first-order chi connectivity index (χ1) is 13.2. The number of pyridine rings is 1. The molecule has 1 aromatic rings. The zero-order valence-corrected chi connectivity index (χ0v) is 15.3. The molecule has 0 unspecified atom stereocenters. The number of aromatic nitrogens is 3. The molecule has 0 spiro atoms. The van der Waals surface area contributed by atoms with Crippen molar-refractivity contribution in [3.63, 3.8) is 0 Å². The number of ether oxygens (including phenoxy) is 1. The predicted molar refractivity (Wildman–Crippen MR) is 101 cm³/mol. The maximum absolute atomic E-state index is 13.1. The summed E-state index contributed by atoms with van der Waals surface area (Å²) in [7, 11) is 0. The summed E-state index contributed by atoms with van der Waals surface area (Å²) in [6, 6.07) is 9.27. The molecular formula is C20H22N4O3. The number of rotatable bonds is 4. The minimum absolute atomic E-state index is 0.105. The lowest BCUT2D eigenvalue weighted by Gasteiger charge is -2.27. The van der Waals surface area contributed by atoms with E-state index in [9.17, 15) is 9.59 Å². The number of para-hydroxylation sites is 1. The van der Waals surface area contributed by atoms with Gasteiger partial charge in [0.2, 0.25) is 0 Å². The van der Waals surface area contributed by atoms with Gasteiger partial charge in [0, 0.05) is 32.0 Å². The van der Waals surface area contributed by atoms with Crippen LogP contribution in [0, 0.1) is 0 Å². The minimum atomic E-state index is -0.210. The fourth-order valence-electron chi connectivity index (χ4n) is 3.38. The highest BCUT2D eigenvalue weighted by Crippen LogP contribution is 2.24. The number of nitrogens with zero attached hydrogens (tertiary/aromatic N) is 4. The van der Waals surface area contributed by atoms with Gasteiger partial charge in [-0.05, 0) is 18.6 Å². The molecule has 3 aliphatic heterocycles. The van der Waals surface area contributed by atoms with Crippen molar-refractivity contribution in [2.45, 2.75) is 19.9 Å². The van der Waals surface area contributed by atoms with E-state index in [1.54, 1.807) is 11.1 Å². The van der Waals surface area contributed by atoms with Crippen LogP contribution in [-0.2, 0) is 11.3 Å². The van der Waals surface area contributed by atoms with Gasteiger partial charge in [0.15, 0.2) is 0 Å². The summed E-state index contributed by atoms with van der Waals surface area (Å²) in [5.41, 5.74) is 1.86.